The average Bonchev–Trinajstić information content (AvgIpc) is 3.35. The molecule has 2 aliphatic heterocycles. The molecule has 29 heavy (non-hydrogen) atoms. The number of nitriles is 2. The average molecular weight is 389 g/mol. The number of benzene rings is 1. The second kappa shape index (κ2) is 8.03. The SMILES string of the molecule is N#CC=C1CCN(c2ccc(N3C[C@@H](Cn4cc(C#N)nn4)OC3=O)cc2)CC1. The third-order valence-electron chi connectivity index (χ3n) is 5.12. The fourth-order valence-corrected chi connectivity index (χ4v) is 3.61. The maximum absolute atomic E-state index is 12.3. The van der Waals surface area contributed by atoms with E-state index < -0.39 is 6.09 Å². The molecule has 0 saturated carbocycles. The van der Waals surface area contributed by atoms with Crippen LogP contribution in [0.3, 0.4) is 0 Å². The van der Waals surface area contributed by atoms with E-state index in [9.17, 15) is 4.79 Å². The van der Waals surface area contributed by atoms with Gasteiger partial charge in [0.1, 0.15) is 12.2 Å². The molecule has 0 radical (unpaired) electrons. The maximum atomic E-state index is 12.3. The van der Waals surface area contributed by atoms with Crippen molar-refractivity contribution in [3.63, 3.8) is 0 Å². The number of hydrogen-bond donors (Lipinski definition) is 0. The predicted molar refractivity (Wildman–Crippen MR) is 104 cm³/mol. The van der Waals surface area contributed by atoms with Gasteiger partial charge in [-0.05, 0) is 37.1 Å². The summed E-state index contributed by atoms with van der Waals surface area (Å²) in [6.07, 6.45) is 4.21. The second-order valence-electron chi connectivity index (χ2n) is 6.99. The van der Waals surface area contributed by atoms with Crippen LogP contribution < -0.4 is 9.80 Å². The Labute approximate surface area is 168 Å². The molecule has 2 saturated heterocycles. The van der Waals surface area contributed by atoms with Gasteiger partial charge in [-0.25, -0.2) is 9.48 Å². The highest BCUT2D eigenvalue weighted by molar-refractivity contribution is 5.90. The van der Waals surface area contributed by atoms with Gasteiger partial charge in [0.05, 0.1) is 25.4 Å². The van der Waals surface area contributed by atoms with E-state index in [4.69, 9.17) is 15.3 Å². The molecule has 2 aliphatic rings. The molecule has 3 heterocycles. The predicted octanol–water partition coefficient (Wildman–Crippen LogP) is 2.23. The molecule has 146 valence electrons. The van der Waals surface area contributed by atoms with Crippen molar-refractivity contribution < 1.29 is 9.53 Å². The molecule has 1 atom stereocenters. The monoisotopic (exact) mass is 389 g/mol. The summed E-state index contributed by atoms with van der Waals surface area (Å²) in [6.45, 7) is 2.51. The summed E-state index contributed by atoms with van der Waals surface area (Å²) in [5.74, 6) is 0. The van der Waals surface area contributed by atoms with Gasteiger partial charge in [0.25, 0.3) is 0 Å². The highest BCUT2D eigenvalue weighted by atomic mass is 16.6. The molecule has 4 rings (SSSR count). The summed E-state index contributed by atoms with van der Waals surface area (Å²) in [5, 5.41) is 25.2. The quantitative estimate of drug-likeness (QED) is 0.737. The molecule has 0 unspecified atom stereocenters. The number of cyclic esters (lactones) is 1. The lowest BCUT2D eigenvalue weighted by Gasteiger charge is -2.30. The largest absolute Gasteiger partial charge is 0.442 e. The van der Waals surface area contributed by atoms with Crippen LogP contribution in [-0.4, -0.2) is 46.8 Å². The normalized spacial score (nSPS) is 18.9. The highest BCUT2D eigenvalue weighted by Crippen LogP contribution is 2.27. The zero-order valence-corrected chi connectivity index (χ0v) is 15.7. The first kappa shape index (κ1) is 18.5. The number of ether oxygens (including phenoxy) is 1. The van der Waals surface area contributed by atoms with Crippen LogP contribution in [0.15, 0.2) is 42.1 Å². The molecule has 1 aromatic heterocycles. The number of hydrogen-bond acceptors (Lipinski definition) is 7. The van der Waals surface area contributed by atoms with Crippen molar-refractivity contribution in [2.75, 3.05) is 29.4 Å². The molecule has 1 aromatic carbocycles. The van der Waals surface area contributed by atoms with Gasteiger partial charge in [0.2, 0.25) is 0 Å². The summed E-state index contributed by atoms with van der Waals surface area (Å²) >= 11 is 0. The Bertz CT molecular complexity index is 1000. The third-order valence-corrected chi connectivity index (χ3v) is 5.12. The molecule has 9 heteroatoms. The second-order valence-corrected chi connectivity index (χ2v) is 6.99. The number of rotatable bonds is 4. The van der Waals surface area contributed by atoms with E-state index >= 15 is 0 Å². The lowest BCUT2D eigenvalue weighted by Crippen LogP contribution is -2.30. The zero-order valence-electron chi connectivity index (χ0n) is 15.7. The molecule has 0 spiro atoms. The number of nitrogens with zero attached hydrogens (tertiary/aromatic N) is 7. The first-order chi connectivity index (χ1) is 14.2. The molecular formula is C20H19N7O2. The van der Waals surface area contributed by atoms with Crippen molar-refractivity contribution in [3.05, 3.63) is 47.8 Å². The Morgan fingerprint density at radius 3 is 2.55 bits per heavy atom. The Kier molecular flexibility index (Phi) is 5.12. The molecule has 2 fully saturated rings. The number of piperidine rings is 1. The first-order valence-corrected chi connectivity index (χ1v) is 9.37. The smallest absolute Gasteiger partial charge is 0.414 e. The summed E-state index contributed by atoms with van der Waals surface area (Å²) in [5.41, 5.74) is 3.30. The fourth-order valence-electron chi connectivity index (χ4n) is 3.61. The molecular weight excluding hydrogens is 370 g/mol. The summed E-state index contributed by atoms with van der Waals surface area (Å²) in [4.78, 5) is 16.2. The van der Waals surface area contributed by atoms with Crippen LogP contribution in [-0.2, 0) is 11.3 Å². The molecule has 9 nitrogen and oxygen atoms in total. The number of carbonyl (C=O) groups excluding carboxylic acids is 1. The lowest BCUT2D eigenvalue weighted by molar-refractivity contribution is 0.129. The number of carbonyl (C=O) groups is 1. The van der Waals surface area contributed by atoms with Crippen LogP contribution in [0.4, 0.5) is 16.2 Å². The van der Waals surface area contributed by atoms with Gasteiger partial charge in [-0.3, -0.25) is 4.90 Å². The molecule has 2 aromatic rings. The van der Waals surface area contributed by atoms with Crippen LogP contribution in [0.25, 0.3) is 0 Å². The van der Waals surface area contributed by atoms with Crippen molar-refractivity contribution in [2.24, 2.45) is 0 Å². The maximum Gasteiger partial charge on any atom is 0.414 e. The minimum absolute atomic E-state index is 0.231. The summed E-state index contributed by atoms with van der Waals surface area (Å²) in [7, 11) is 0. The van der Waals surface area contributed by atoms with Gasteiger partial charge < -0.3 is 9.64 Å². The third kappa shape index (κ3) is 4.04. The van der Waals surface area contributed by atoms with Gasteiger partial charge >= 0.3 is 6.09 Å². The number of allylic oxidation sites excluding steroid dienone is 1. The fraction of sp³-hybridized carbons (Fsp3) is 0.350. The van der Waals surface area contributed by atoms with E-state index in [2.05, 4.69) is 21.3 Å². The topological polar surface area (TPSA) is 111 Å². The van der Waals surface area contributed by atoms with Crippen LogP contribution >= 0.6 is 0 Å². The van der Waals surface area contributed by atoms with Crippen molar-refractivity contribution in [3.8, 4) is 12.1 Å². The van der Waals surface area contributed by atoms with E-state index in [1.54, 1.807) is 11.0 Å². The molecule has 0 bridgehead atoms. The first-order valence-electron chi connectivity index (χ1n) is 9.37. The van der Waals surface area contributed by atoms with Crippen LogP contribution in [0, 0.1) is 22.7 Å². The van der Waals surface area contributed by atoms with Gasteiger partial charge in [-0.15, -0.1) is 5.10 Å². The molecule has 0 aliphatic carbocycles. The standard InChI is InChI=1S/C20H19N7O2/c21-8-5-15-6-9-25(10-7-15)17-1-3-18(4-2-17)27-14-19(29-20(27)28)13-26-12-16(11-22)23-24-26/h1-5,12,19H,6-7,9-10,13-14H2/t19-/m1/s1. The Hall–Kier alpha value is -3.85. The van der Waals surface area contributed by atoms with Crippen LogP contribution in [0.2, 0.25) is 0 Å². The summed E-state index contributed by atoms with van der Waals surface area (Å²) < 4.78 is 6.94. The van der Waals surface area contributed by atoms with Gasteiger partial charge in [0, 0.05) is 30.5 Å². The minimum Gasteiger partial charge on any atom is -0.442 e. The minimum atomic E-state index is -0.396. The Morgan fingerprint density at radius 1 is 1.17 bits per heavy atom. The Morgan fingerprint density at radius 2 is 1.90 bits per heavy atom. The van der Waals surface area contributed by atoms with E-state index in [1.807, 2.05) is 30.3 Å². The van der Waals surface area contributed by atoms with Crippen LogP contribution in [0.1, 0.15) is 18.5 Å². The van der Waals surface area contributed by atoms with Gasteiger partial charge in [-0.1, -0.05) is 10.8 Å². The van der Waals surface area contributed by atoms with Crippen molar-refractivity contribution >= 4 is 17.5 Å². The van der Waals surface area contributed by atoms with Crippen LogP contribution in [0.5, 0.6) is 0 Å². The van der Waals surface area contributed by atoms with E-state index in [-0.39, 0.29) is 11.8 Å². The van der Waals surface area contributed by atoms with Crippen molar-refractivity contribution in [1.29, 1.82) is 10.5 Å². The number of aromatic nitrogens is 3. The van der Waals surface area contributed by atoms with E-state index in [0.717, 1.165) is 37.3 Å². The number of anilines is 2. The molecule has 0 N–H and O–H groups in total. The van der Waals surface area contributed by atoms with E-state index in [0.29, 0.717) is 13.1 Å². The van der Waals surface area contributed by atoms with Crippen molar-refractivity contribution in [1.82, 2.24) is 15.0 Å². The lowest BCUT2D eigenvalue weighted by atomic mass is 10.0. The zero-order chi connectivity index (χ0) is 20.2. The molecule has 1 amide bonds. The van der Waals surface area contributed by atoms with E-state index in [1.165, 1.54) is 16.5 Å². The summed E-state index contributed by atoms with van der Waals surface area (Å²) in [6, 6.07) is 11.9. The van der Waals surface area contributed by atoms with Gasteiger partial charge in [0.15, 0.2) is 5.69 Å². The van der Waals surface area contributed by atoms with Crippen molar-refractivity contribution in [2.45, 2.75) is 25.5 Å². The van der Waals surface area contributed by atoms with Gasteiger partial charge in [-0.2, -0.15) is 10.5 Å². The number of amides is 1. The Balaban J connectivity index is 1.38. The highest BCUT2D eigenvalue weighted by Gasteiger charge is 2.33.